The van der Waals surface area contributed by atoms with Gasteiger partial charge >= 0.3 is 0 Å². The summed E-state index contributed by atoms with van der Waals surface area (Å²) in [6.45, 7) is 4.11. The van der Waals surface area contributed by atoms with Crippen molar-refractivity contribution in [1.82, 2.24) is 4.90 Å². The molecule has 2 unspecified atom stereocenters. The molecular weight excluding hydrogens is 329 g/mol. The van der Waals surface area contributed by atoms with Gasteiger partial charge in [-0.1, -0.05) is 25.1 Å². The second-order valence-corrected chi connectivity index (χ2v) is 6.58. The molecule has 0 fully saturated rings. The molecule has 0 spiro atoms. The molecule has 0 bridgehead atoms. The van der Waals surface area contributed by atoms with Crippen LogP contribution in [0.25, 0.3) is 0 Å². The van der Waals surface area contributed by atoms with Crippen LogP contribution in [0.1, 0.15) is 18.4 Å². The predicted octanol–water partition coefficient (Wildman–Crippen LogP) is 2.57. The van der Waals surface area contributed by atoms with Gasteiger partial charge in [0.15, 0.2) is 5.41 Å². The molecule has 130 valence electrons. The lowest BCUT2D eigenvalue weighted by atomic mass is 9.57. The van der Waals surface area contributed by atoms with E-state index in [9.17, 15) is 20.2 Å². The van der Waals surface area contributed by atoms with E-state index in [0.717, 1.165) is 12.1 Å². The fraction of sp³-hybridized carbons (Fsp3) is 0.350. The second-order valence-electron chi connectivity index (χ2n) is 6.58. The van der Waals surface area contributed by atoms with E-state index >= 15 is 0 Å². The summed E-state index contributed by atoms with van der Waals surface area (Å²) in [5, 5.41) is 29.5. The second kappa shape index (κ2) is 6.64. The molecule has 2 aliphatic rings. The molecule has 1 aromatic carbocycles. The largest absolute Gasteiger partial charge is 0.398 e. The molecular formula is C20H18FN5. The zero-order valence-corrected chi connectivity index (χ0v) is 14.4. The molecule has 0 radical (unpaired) electrons. The Balaban J connectivity index is 2.32. The molecule has 1 aliphatic heterocycles. The first-order valence-electron chi connectivity index (χ1n) is 8.43. The van der Waals surface area contributed by atoms with Crippen LogP contribution in [0.2, 0.25) is 0 Å². The summed E-state index contributed by atoms with van der Waals surface area (Å²) in [6.07, 6.45) is 1.95. The summed E-state index contributed by atoms with van der Waals surface area (Å²) in [4.78, 5) is 2.17. The SMILES string of the molecule is CCN1CC=C2C(N)=C(C#N)C(C#N)(C#N)C(c3cccc(F)c3)C2C1. The van der Waals surface area contributed by atoms with Gasteiger partial charge in [-0.05, 0) is 29.8 Å². The van der Waals surface area contributed by atoms with Crippen LogP contribution in [0.15, 0.2) is 47.2 Å². The van der Waals surface area contributed by atoms with Crippen LogP contribution in [0.5, 0.6) is 0 Å². The lowest BCUT2D eigenvalue weighted by Crippen LogP contribution is -2.47. The molecule has 0 saturated carbocycles. The molecule has 0 aromatic heterocycles. The van der Waals surface area contributed by atoms with Crippen molar-refractivity contribution in [2.75, 3.05) is 19.6 Å². The van der Waals surface area contributed by atoms with Crippen molar-refractivity contribution < 1.29 is 4.39 Å². The Labute approximate surface area is 152 Å². The zero-order chi connectivity index (χ0) is 18.9. The highest BCUT2D eigenvalue weighted by molar-refractivity contribution is 5.59. The number of nitrogens with two attached hydrogens (primary N) is 1. The number of hydrogen-bond donors (Lipinski definition) is 1. The minimum absolute atomic E-state index is 0.0378. The van der Waals surface area contributed by atoms with Crippen LogP contribution in [-0.4, -0.2) is 24.5 Å². The normalized spacial score (nSPS) is 24.7. The number of fused-ring (bicyclic) bond motifs is 1. The van der Waals surface area contributed by atoms with Crippen LogP contribution in [0.3, 0.4) is 0 Å². The van der Waals surface area contributed by atoms with E-state index in [-0.39, 0.29) is 17.2 Å². The highest BCUT2D eigenvalue weighted by Gasteiger charge is 2.54. The average Bonchev–Trinajstić information content (AvgIpc) is 2.67. The summed E-state index contributed by atoms with van der Waals surface area (Å²) in [6, 6.07) is 12.0. The van der Waals surface area contributed by atoms with Crippen molar-refractivity contribution in [1.29, 1.82) is 15.8 Å². The van der Waals surface area contributed by atoms with Gasteiger partial charge in [0.1, 0.15) is 5.82 Å². The standard InChI is InChI=1S/C20H18FN5/c1-2-26-7-6-15-16(10-26)18(13-4-3-5-14(21)8-13)20(11-23,12-24)17(9-22)19(15)25/h3-6,8,16,18H,2,7,10,25H2,1H3. The molecule has 5 nitrogen and oxygen atoms in total. The van der Waals surface area contributed by atoms with Crippen molar-refractivity contribution in [3.63, 3.8) is 0 Å². The molecule has 1 aromatic rings. The first kappa shape index (κ1) is 17.7. The highest BCUT2D eigenvalue weighted by atomic mass is 19.1. The minimum atomic E-state index is -1.74. The molecule has 2 atom stereocenters. The van der Waals surface area contributed by atoms with E-state index in [1.165, 1.54) is 12.1 Å². The van der Waals surface area contributed by atoms with E-state index in [1.807, 2.05) is 31.2 Å². The number of halogens is 1. The van der Waals surface area contributed by atoms with E-state index in [4.69, 9.17) is 5.73 Å². The van der Waals surface area contributed by atoms with Crippen LogP contribution >= 0.6 is 0 Å². The fourth-order valence-electron chi connectivity index (χ4n) is 4.10. The van der Waals surface area contributed by atoms with Gasteiger partial charge in [0.2, 0.25) is 0 Å². The number of rotatable bonds is 2. The topological polar surface area (TPSA) is 101 Å². The van der Waals surface area contributed by atoms with E-state index in [1.54, 1.807) is 12.1 Å². The Morgan fingerprint density at radius 3 is 2.62 bits per heavy atom. The Morgan fingerprint density at radius 2 is 2.04 bits per heavy atom. The highest BCUT2D eigenvalue weighted by Crippen LogP contribution is 2.54. The van der Waals surface area contributed by atoms with Crippen molar-refractivity contribution in [2.24, 2.45) is 17.1 Å². The number of allylic oxidation sites excluding steroid dienone is 2. The maximum absolute atomic E-state index is 13.9. The number of likely N-dealkylation sites (N-methyl/N-ethyl adjacent to an activating group) is 1. The molecule has 1 aliphatic carbocycles. The lowest BCUT2D eigenvalue weighted by molar-refractivity contribution is 0.215. The summed E-state index contributed by atoms with van der Waals surface area (Å²) < 4.78 is 13.9. The van der Waals surface area contributed by atoms with Crippen LogP contribution in [-0.2, 0) is 0 Å². The third-order valence-corrected chi connectivity index (χ3v) is 5.39. The van der Waals surface area contributed by atoms with E-state index < -0.39 is 17.2 Å². The summed E-state index contributed by atoms with van der Waals surface area (Å²) in [5.41, 5.74) is 5.96. The van der Waals surface area contributed by atoms with Gasteiger partial charge in [-0.25, -0.2) is 4.39 Å². The van der Waals surface area contributed by atoms with Crippen molar-refractivity contribution in [3.05, 3.63) is 58.6 Å². The third-order valence-electron chi connectivity index (χ3n) is 5.39. The van der Waals surface area contributed by atoms with E-state index in [0.29, 0.717) is 18.7 Å². The zero-order valence-electron chi connectivity index (χ0n) is 14.4. The third kappa shape index (κ3) is 2.46. The van der Waals surface area contributed by atoms with Crippen LogP contribution in [0.4, 0.5) is 4.39 Å². The first-order chi connectivity index (χ1) is 12.5. The molecule has 2 N–H and O–H groups in total. The molecule has 26 heavy (non-hydrogen) atoms. The maximum Gasteiger partial charge on any atom is 0.187 e. The molecule has 0 amide bonds. The van der Waals surface area contributed by atoms with Gasteiger partial charge < -0.3 is 5.73 Å². The monoisotopic (exact) mass is 347 g/mol. The summed E-state index contributed by atoms with van der Waals surface area (Å²) in [7, 11) is 0. The van der Waals surface area contributed by atoms with Gasteiger partial charge in [0.05, 0.1) is 29.5 Å². The number of nitriles is 3. The number of hydrogen-bond acceptors (Lipinski definition) is 5. The van der Waals surface area contributed by atoms with E-state index in [2.05, 4.69) is 4.90 Å². The summed E-state index contributed by atoms with van der Waals surface area (Å²) in [5.74, 6) is -1.38. The maximum atomic E-state index is 13.9. The smallest absolute Gasteiger partial charge is 0.187 e. The Hall–Kier alpha value is -3.14. The van der Waals surface area contributed by atoms with Crippen molar-refractivity contribution >= 4 is 0 Å². The van der Waals surface area contributed by atoms with Gasteiger partial charge in [-0.2, -0.15) is 15.8 Å². The van der Waals surface area contributed by atoms with Gasteiger partial charge in [-0.15, -0.1) is 0 Å². The van der Waals surface area contributed by atoms with Crippen LogP contribution < -0.4 is 5.73 Å². The molecule has 6 heteroatoms. The van der Waals surface area contributed by atoms with Gasteiger partial charge in [0.25, 0.3) is 0 Å². The lowest BCUT2D eigenvalue weighted by Gasteiger charge is -2.45. The van der Waals surface area contributed by atoms with Crippen molar-refractivity contribution in [2.45, 2.75) is 12.8 Å². The molecule has 3 rings (SSSR count). The Kier molecular flexibility index (Phi) is 4.51. The summed E-state index contributed by atoms with van der Waals surface area (Å²) >= 11 is 0. The number of benzene rings is 1. The Bertz CT molecular complexity index is 911. The Morgan fingerprint density at radius 1 is 1.31 bits per heavy atom. The van der Waals surface area contributed by atoms with Gasteiger partial charge in [0, 0.05) is 24.9 Å². The van der Waals surface area contributed by atoms with Crippen molar-refractivity contribution in [3.8, 4) is 18.2 Å². The van der Waals surface area contributed by atoms with Crippen LogP contribution in [0, 0.1) is 51.1 Å². The number of nitrogens with zero attached hydrogens (tertiary/aromatic N) is 4. The minimum Gasteiger partial charge on any atom is -0.398 e. The van der Waals surface area contributed by atoms with Gasteiger partial charge in [-0.3, -0.25) is 4.90 Å². The predicted molar refractivity (Wildman–Crippen MR) is 93.3 cm³/mol. The fourth-order valence-corrected chi connectivity index (χ4v) is 4.10. The average molecular weight is 347 g/mol. The first-order valence-corrected chi connectivity index (χ1v) is 8.43. The molecule has 1 heterocycles. The molecule has 0 saturated heterocycles. The quantitative estimate of drug-likeness (QED) is 0.886.